The average molecular weight is 705 g/mol. The first-order chi connectivity index (χ1) is 25.4. The first kappa shape index (κ1) is 33.5. The van der Waals surface area contributed by atoms with Gasteiger partial charge in [0, 0.05) is 45.0 Å². The molecule has 0 aliphatic carbocycles. The number of amides is 1. The number of aliphatic imine (C=N–C) groups is 1. The molecule has 0 bridgehead atoms. The van der Waals surface area contributed by atoms with Crippen LogP contribution >= 0.6 is 11.6 Å². The van der Waals surface area contributed by atoms with E-state index in [1.165, 1.54) is 0 Å². The molecule has 52 heavy (non-hydrogen) atoms. The number of hydrazine groups is 1. The summed E-state index contributed by atoms with van der Waals surface area (Å²) in [6, 6.07) is 46.3. The number of benzene rings is 6. The summed E-state index contributed by atoms with van der Waals surface area (Å²) in [5.41, 5.74) is 23.9. The van der Waals surface area contributed by atoms with Gasteiger partial charge in [0.25, 0.3) is 5.91 Å². The number of carbonyl (C=O) groups is 1. The van der Waals surface area contributed by atoms with Crippen LogP contribution in [-0.2, 0) is 0 Å². The van der Waals surface area contributed by atoms with Crippen LogP contribution < -0.4 is 33.4 Å². The normalized spacial score (nSPS) is 11.5. The van der Waals surface area contributed by atoms with Crippen molar-refractivity contribution in [3.8, 4) is 28.5 Å². The van der Waals surface area contributed by atoms with Crippen LogP contribution in [0.1, 0.15) is 15.9 Å². The maximum absolute atomic E-state index is 10.8. The predicted molar refractivity (Wildman–Crippen MR) is 211 cm³/mol. The van der Waals surface area contributed by atoms with Crippen molar-refractivity contribution in [1.82, 2.24) is 20.2 Å². The third-order valence-electron chi connectivity index (χ3n) is 8.26. The fourth-order valence-corrected chi connectivity index (χ4v) is 5.95. The van der Waals surface area contributed by atoms with Crippen molar-refractivity contribution >= 4 is 62.5 Å². The second-order valence-electron chi connectivity index (χ2n) is 11.7. The van der Waals surface area contributed by atoms with Crippen LogP contribution in [0.15, 0.2) is 151 Å². The molecule has 0 saturated carbocycles. The van der Waals surface area contributed by atoms with Gasteiger partial charge in [0.05, 0.1) is 22.7 Å². The summed E-state index contributed by atoms with van der Waals surface area (Å²) in [5.74, 6) is 6.21. The Hall–Kier alpha value is -6.95. The summed E-state index contributed by atoms with van der Waals surface area (Å²) in [7, 11) is 0. The van der Waals surface area contributed by atoms with Gasteiger partial charge in [-0.1, -0.05) is 60.1 Å². The Labute approximate surface area is 304 Å². The summed E-state index contributed by atoms with van der Waals surface area (Å²) in [6.45, 7) is 0. The lowest BCUT2D eigenvalue weighted by atomic mass is 10.1. The van der Waals surface area contributed by atoms with Crippen LogP contribution in [0.3, 0.4) is 0 Å². The number of anilines is 6. The van der Waals surface area contributed by atoms with Crippen LogP contribution in [0.25, 0.3) is 28.5 Å². The topological polar surface area (TPSA) is 174 Å². The van der Waals surface area contributed by atoms with Gasteiger partial charge in [-0.25, -0.2) is 10.8 Å². The van der Waals surface area contributed by atoms with Gasteiger partial charge < -0.3 is 22.1 Å². The smallest absolute Gasteiger partial charge is 0.265 e. The lowest BCUT2D eigenvalue weighted by Crippen LogP contribution is -2.29. The van der Waals surface area contributed by atoms with Gasteiger partial charge in [0.2, 0.25) is 0 Å². The molecule has 12 heteroatoms. The van der Waals surface area contributed by atoms with Crippen molar-refractivity contribution in [3.05, 3.63) is 157 Å². The van der Waals surface area contributed by atoms with Gasteiger partial charge in [-0.05, 0) is 97.1 Å². The van der Waals surface area contributed by atoms with E-state index in [2.05, 4.69) is 54.7 Å². The van der Waals surface area contributed by atoms with Gasteiger partial charge in [-0.3, -0.25) is 14.8 Å². The molecule has 2 aliphatic heterocycles. The number of nitrogen functional groups attached to an aromatic ring is 3. The molecule has 1 aromatic heterocycles. The Kier molecular flexibility index (Phi) is 9.60. The van der Waals surface area contributed by atoms with E-state index >= 15 is 0 Å². The number of halogens is 1. The highest BCUT2D eigenvalue weighted by molar-refractivity contribution is 6.70. The number of para-hydroxylation sites is 6. The van der Waals surface area contributed by atoms with Gasteiger partial charge in [-0.2, -0.15) is 0 Å². The molecule has 9 rings (SSSR count). The minimum absolute atomic E-state index is 0.315. The Morgan fingerprint density at radius 2 is 1.12 bits per heavy atom. The summed E-state index contributed by atoms with van der Waals surface area (Å²) in [6.07, 6.45) is 0. The number of nitrogens with zero attached hydrogens (tertiary/aromatic N) is 4. The lowest BCUT2D eigenvalue weighted by Gasteiger charge is -2.12. The Morgan fingerprint density at radius 1 is 0.596 bits per heavy atom. The Balaban J connectivity index is 0.000000134. The molecule has 3 heterocycles. The monoisotopic (exact) mass is 704 g/mol. The zero-order chi connectivity index (χ0) is 36.0. The van der Waals surface area contributed by atoms with Crippen LogP contribution in [-0.4, -0.2) is 25.8 Å². The molecular weight excluding hydrogens is 672 g/mol. The second kappa shape index (κ2) is 14.9. The van der Waals surface area contributed by atoms with Crippen molar-refractivity contribution in [3.63, 3.8) is 0 Å². The molecular formula is C40H33ClN10O. The molecule has 0 saturated heterocycles. The molecule has 0 fully saturated rings. The van der Waals surface area contributed by atoms with E-state index in [9.17, 15) is 4.79 Å². The Morgan fingerprint density at radius 3 is 1.81 bits per heavy atom. The first-order valence-corrected chi connectivity index (χ1v) is 16.6. The van der Waals surface area contributed by atoms with E-state index in [1.54, 1.807) is 24.3 Å². The van der Waals surface area contributed by atoms with Gasteiger partial charge >= 0.3 is 0 Å². The number of hydrogen-bond acceptors (Lipinski definition) is 9. The standard InChI is InChI=1S/C20H15N5.C13H9ClN2.C7H9N3O/c21-14-11-9-13(10-12-14)19-23-24-20-15-5-1-2-6-16(15)22-17-7-3-4-8-18(17)25(19)20;14-13-9-5-1-2-6-10(9)15-11-7-3-4-8-12(11)16-13;8-6-3-1-5(2-4-6)7(11)10-9/h1-12,22H,21H2;1-8,15H;1-4H,8-9H2,(H,10,11). The molecule has 7 aromatic rings. The van der Waals surface area contributed by atoms with E-state index in [0.717, 1.165) is 68.2 Å². The molecule has 256 valence electrons. The fraction of sp³-hybridized carbons (Fsp3) is 0. The SMILES string of the molecule is ClC1=Nc2ccccc2Nc2ccccc21.NNC(=O)c1ccc(N)cc1.Nc1ccc(-c2nnc3n2-c2ccccc2Nc2ccccc2-3)cc1. The van der Waals surface area contributed by atoms with E-state index in [0.29, 0.717) is 16.4 Å². The van der Waals surface area contributed by atoms with Crippen molar-refractivity contribution in [2.45, 2.75) is 0 Å². The zero-order valence-electron chi connectivity index (χ0n) is 27.7. The molecule has 0 atom stereocenters. The summed E-state index contributed by atoms with van der Waals surface area (Å²) < 4.78 is 2.10. The largest absolute Gasteiger partial charge is 0.399 e. The van der Waals surface area contributed by atoms with Crippen molar-refractivity contribution in [1.29, 1.82) is 0 Å². The fourth-order valence-electron chi connectivity index (χ4n) is 5.69. The highest BCUT2D eigenvalue weighted by Crippen LogP contribution is 2.40. The molecule has 0 spiro atoms. The average Bonchev–Trinajstić information content (AvgIpc) is 3.48. The molecule has 1 amide bonds. The first-order valence-electron chi connectivity index (χ1n) is 16.2. The minimum Gasteiger partial charge on any atom is -0.399 e. The van der Waals surface area contributed by atoms with Crippen LogP contribution in [0.2, 0.25) is 0 Å². The van der Waals surface area contributed by atoms with E-state index in [-0.39, 0.29) is 5.91 Å². The highest BCUT2D eigenvalue weighted by Gasteiger charge is 2.24. The number of carbonyl (C=O) groups excluding carboxylic acids is 1. The predicted octanol–water partition coefficient (Wildman–Crippen LogP) is 8.17. The van der Waals surface area contributed by atoms with E-state index < -0.39 is 0 Å². The van der Waals surface area contributed by atoms with Crippen molar-refractivity contribution < 1.29 is 4.79 Å². The highest BCUT2D eigenvalue weighted by atomic mass is 35.5. The third-order valence-corrected chi connectivity index (χ3v) is 8.55. The number of nitrogens with one attached hydrogen (secondary N) is 3. The van der Waals surface area contributed by atoms with Crippen LogP contribution in [0.5, 0.6) is 0 Å². The number of hydrogen-bond donors (Lipinski definition) is 6. The summed E-state index contributed by atoms with van der Waals surface area (Å²) in [5, 5.41) is 16.3. The van der Waals surface area contributed by atoms with Gasteiger partial charge in [0.15, 0.2) is 11.6 Å². The number of rotatable bonds is 2. The third kappa shape index (κ3) is 7.03. The van der Waals surface area contributed by atoms with E-state index in [4.69, 9.17) is 28.9 Å². The van der Waals surface area contributed by atoms with Gasteiger partial charge in [0.1, 0.15) is 5.17 Å². The minimum atomic E-state index is -0.315. The maximum Gasteiger partial charge on any atom is 0.265 e. The van der Waals surface area contributed by atoms with Crippen LogP contribution in [0, 0.1) is 0 Å². The number of fused-ring (bicyclic) bond motifs is 7. The molecule has 9 N–H and O–H groups in total. The quantitative estimate of drug-likeness (QED) is 0.0452. The molecule has 0 unspecified atom stereocenters. The lowest BCUT2D eigenvalue weighted by molar-refractivity contribution is 0.0953. The van der Waals surface area contributed by atoms with E-state index in [1.807, 2.05) is 102 Å². The number of nitrogens with two attached hydrogens (primary N) is 3. The summed E-state index contributed by atoms with van der Waals surface area (Å²) >= 11 is 6.19. The maximum atomic E-state index is 10.8. The summed E-state index contributed by atoms with van der Waals surface area (Å²) in [4.78, 5) is 15.2. The number of aromatic nitrogens is 3. The van der Waals surface area contributed by atoms with Crippen LogP contribution in [0.4, 0.5) is 39.8 Å². The molecule has 11 nitrogen and oxygen atoms in total. The van der Waals surface area contributed by atoms with Crippen molar-refractivity contribution in [2.75, 3.05) is 22.1 Å². The Bertz CT molecular complexity index is 2410. The molecule has 0 radical (unpaired) electrons. The second-order valence-corrected chi connectivity index (χ2v) is 12.0. The zero-order valence-corrected chi connectivity index (χ0v) is 28.4. The molecule has 6 aromatic carbocycles. The van der Waals surface area contributed by atoms with Gasteiger partial charge in [-0.15, -0.1) is 10.2 Å². The van der Waals surface area contributed by atoms with Crippen molar-refractivity contribution in [2.24, 2.45) is 10.8 Å². The molecule has 2 aliphatic rings.